The van der Waals surface area contributed by atoms with Gasteiger partial charge in [0.2, 0.25) is 0 Å². The van der Waals surface area contributed by atoms with Crippen molar-refractivity contribution in [2.45, 2.75) is 65.0 Å². The first-order valence-corrected chi connectivity index (χ1v) is 7.31. The van der Waals surface area contributed by atoms with E-state index in [0.29, 0.717) is 0 Å². The second-order valence-corrected chi connectivity index (χ2v) is 5.30. The van der Waals surface area contributed by atoms with Crippen LogP contribution in [0.15, 0.2) is 0 Å². The van der Waals surface area contributed by atoms with Crippen molar-refractivity contribution in [1.82, 2.24) is 20.1 Å². The Labute approximate surface area is 116 Å². The number of hydrogen-bond donors (Lipinski definition) is 2. The first-order chi connectivity index (χ1) is 9.08. The number of unbranched alkanes of at least 4 members (excludes halogenated alkanes) is 1. The summed E-state index contributed by atoms with van der Waals surface area (Å²) in [7, 11) is 1.90. The third-order valence-electron chi connectivity index (χ3n) is 3.73. The minimum atomic E-state index is -0.162. The van der Waals surface area contributed by atoms with Crippen molar-refractivity contribution < 1.29 is 5.11 Å². The van der Waals surface area contributed by atoms with E-state index in [2.05, 4.69) is 36.2 Å². The fourth-order valence-corrected chi connectivity index (χ4v) is 2.08. The van der Waals surface area contributed by atoms with Gasteiger partial charge in [-0.25, -0.2) is 9.67 Å². The summed E-state index contributed by atoms with van der Waals surface area (Å²) in [5, 5.41) is 17.0. The molecule has 0 fully saturated rings. The number of likely N-dealkylation sites (N-methyl/N-ethyl adjacent to an activating group) is 1. The first-order valence-electron chi connectivity index (χ1n) is 7.31. The zero-order chi connectivity index (χ0) is 14.3. The number of aliphatic hydroxyl groups excluding tert-OH is 1. The van der Waals surface area contributed by atoms with E-state index in [1.54, 1.807) is 0 Å². The number of aryl methyl sites for hydroxylation is 3. The maximum atomic E-state index is 9.33. The Bertz CT molecular complexity index is 372. The highest BCUT2D eigenvalue weighted by Gasteiger charge is 2.19. The van der Waals surface area contributed by atoms with Crippen LogP contribution >= 0.6 is 0 Å². The Morgan fingerprint density at radius 2 is 2.00 bits per heavy atom. The van der Waals surface area contributed by atoms with E-state index in [0.717, 1.165) is 50.3 Å². The first kappa shape index (κ1) is 16.1. The van der Waals surface area contributed by atoms with Gasteiger partial charge < -0.3 is 10.4 Å². The molecule has 0 spiro atoms. The number of hydrogen-bond acceptors (Lipinski definition) is 4. The third-order valence-corrected chi connectivity index (χ3v) is 3.73. The van der Waals surface area contributed by atoms with Gasteiger partial charge in [-0.2, -0.15) is 5.10 Å². The van der Waals surface area contributed by atoms with Crippen LogP contribution in [-0.2, 0) is 19.4 Å². The topological polar surface area (TPSA) is 63.0 Å². The molecule has 0 saturated carbocycles. The molecule has 1 aromatic heterocycles. The molecule has 1 rings (SSSR count). The van der Waals surface area contributed by atoms with Crippen LogP contribution in [0.4, 0.5) is 0 Å². The molecule has 0 radical (unpaired) electrons. The maximum Gasteiger partial charge on any atom is 0.150 e. The average Bonchev–Trinajstić information content (AvgIpc) is 2.85. The zero-order valence-corrected chi connectivity index (χ0v) is 12.7. The Morgan fingerprint density at radius 3 is 2.53 bits per heavy atom. The van der Waals surface area contributed by atoms with E-state index in [1.807, 2.05) is 11.7 Å². The van der Waals surface area contributed by atoms with E-state index in [9.17, 15) is 5.11 Å². The standard InChI is InChI=1S/C14H28N4O/c1-5-12-16-13(6-2)18(17-12)10-8-7-9-14(3,11-19)15-4/h15,19H,5-11H2,1-4H3. The van der Waals surface area contributed by atoms with Crippen LogP contribution in [0.2, 0.25) is 0 Å². The number of rotatable bonds is 9. The molecular formula is C14H28N4O. The van der Waals surface area contributed by atoms with Gasteiger partial charge in [-0.15, -0.1) is 0 Å². The van der Waals surface area contributed by atoms with E-state index < -0.39 is 0 Å². The van der Waals surface area contributed by atoms with Gasteiger partial charge in [0.15, 0.2) is 5.82 Å². The highest BCUT2D eigenvalue weighted by Crippen LogP contribution is 2.13. The number of nitrogens with one attached hydrogen (secondary N) is 1. The van der Waals surface area contributed by atoms with Crippen LogP contribution in [0.25, 0.3) is 0 Å². The van der Waals surface area contributed by atoms with Crippen molar-refractivity contribution in [2.24, 2.45) is 0 Å². The van der Waals surface area contributed by atoms with Crippen molar-refractivity contribution in [1.29, 1.82) is 0 Å². The summed E-state index contributed by atoms with van der Waals surface area (Å²) in [5.74, 6) is 2.02. The lowest BCUT2D eigenvalue weighted by Crippen LogP contribution is -2.43. The van der Waals surface area contributed by atoms with Gasteiger partial charge in [0, 0.05) is 24.9 Å². The maximum absolute atomic E-state index is 9.33. The lowest BCUT2D eigenvalue weighted by Gasteiger charge is -2.26. The Balaban J connectivity index is 2.43. The van der Waals surface area contributed by atoms with Crippen molar-refractivity contribution in [3.05, 3.63) is 11.6 Å². The number of aromatic nitrogens is 3. The van der Waals surface area contributed by atoms with E-state index in [1.165, 1.54) is 0 Å². The molecule has 1 unspecified atom stereocenters. The fraction of sp³-hybridized carbons (Fsp3) is 0.857. The minimum Gasteiger partial charge on any atom is -0.394 e. The summed E-state index contributed by atoms with van der Waals surface area (Å²) in [6.45, 7) is 7.34. The lowest BCUT2D eigenvalue weighted by atomic mass is 9.96. The smallest absolute Gasteiger partial charge is 0.150 e. The molecule has 0 aliphatic heterocycles. The lowest BCUT2D eigenvalue weighted by molar-refractivity contribution is 0.170. The van der Waals surface area contributed by atoms with Crippen molar-refractivity contribution in [2.75, 3.05) is 13.7 Å². The van der Waals surface area contributed by atoms with Crippen molar-refractivity contribution >= 4 is 0 Å². The van der Waals surface area contributed by atoms with Crippen LogP contribution in [0.5, 0.6) is 0 Å². The van der Waals surface area contributed by atoms with Crippen LogP contribution in [0.3, 0.4) is 0 Å². The van der Waals surface area contributed by atoms with E-state index in [4.69, 9.17) is 0 Å². The molecule has 1 heterocycles. The average molecular weight is 268 g/mol. The number of nitrogens with zero attached hydrogens (tertiary/aromatic N) is 3. The molecular weight excluding hydrogens is 240 g/mol. The number of aliphatic hydroxyl groups is 1. The third kappa shape index (κ3) is 4.58. The summed E-state index contributed by atoms with van der Waals surface area (Å²) in [4.78, 5) is 4.51. The molecule has 0 saturated heterocycles. The Kier molecular flexibility index (Phi) is 6.45. The fourth-order valence-electron chi connectivity index (χ4n) is 2.08. The molecule has 1 atom stereocenters. The van der Waals surface area contributed by atoms with Crippen LogP contribution in [0.1, 0.15) is 51.7 Å². The highest BCUT2D eigenvalue weighted by atomic mass is 16.3. The molecule has 1 aromatic rings. The molecule has 5 nitrogen and oxygen atoms in total. The molecule has 0 aliphatic carbocycles. The summed E-state index contributed by atoms with van der Waals surface area (Å²) >= 11 is 0. The minimum absolute atomic E-state index is 0.162. The van der Waals surface area contributed by atoms with Crippen molar-refractivity contribution in [3.8, 4) is 0 Å². The summed E-state index contributed by atoms with van der Waals surface area (Å²) in [6.07, 6.45) is 4.93. The Hall–Kier alpha value is -0.940. The van der Waals surface area contributed by atoms with Gasteiger partial charge >= 0.3 is 0 Å². The van der Waals surface area contributed by atoms with Gasteiger partial charge in [-0.3, -0.25) is 0 Å². The molecule has 110 valence electrons. The molecule has 5 heteroatoms. The van der Waals surface area contributed by atoms with Crippen LogP contribution in [-0.4, -0.2) is 39.1 Å². The monoisotopic (exact) mass is 268 g/mol. The molecule has 19 heavy (non-hydrogen) atoms. The molecule has 0 aromatic carbocycles. The summed E-state index contributed by atoms with van der Waals surface area (Å²) < 4.78 is 2.04. The van der Waals surface area contributed by atoms with Gasteiger partial charge in [-0.1, -0.05) is 13.8 Å². The predicted molar refractivity (Wildman–Crippen MR) is 77.2 cm³/mol. The van der Waals surface area contributed by atoms with Gasteiger partial charge in [0.05, 0.1) is 6.61 Å². The molecule has 0 aliphatic rings. The van der Waals surface area contributed by atoms with Crippen molar-refractivity contribution in [3.63, 3.8) is 0 Å². The van der Waals surface area contributed by atoms with E-state index in [-0.39, 0.29) is 12.1 Å². The summed E-state index contributed by atoms with van der Waals surface area (Å²) in [5.41, 5.74) is -0.162. The van der Waals surface area contributed by atoms with E-state index >= 15 is 0 Å². The normalized spacial score (nSPS) is 14.6. The summed E-state index contributed by atoms with van der Waals surface area (Å²) in [6, 6.07) is 0. The second-order valence-electron chi connectivity index (χ2n) is 5.30. The second kappa shape index (κ2) is 7.60. The molecule has 0 bridgehead atoms. The van der Waals surface area contributed by atoms with Gasteiger partial charge in [0.1, 0.15) is 5.82 Å². The Morgan fingerprint density at radius 1 is 1.26 bits per heavy atom. The SMILES string of the molecule is CCc1nc(CC)n(CCCCC(C)(CO)NC)n1. The zero-order valence-electron chi connectivity index (χ0n) is 12.7. The van der Waals surface area contributed by atoms with Gasteiger partial charge in [-0.05, 0) is 33.2 Å². The highest BCUT2D eigenvalue weighted by molar-refractivity contribution is 4.92. The van der Waals surface area contributed by atoms with Crippen LogP contribution < -0.4 is 5.32 Å². The van der Waals surface area contributed by atoms with Crippen LogP contribution in [0, 0.1) is 0 Å². The quantitative estimate of drug-likeness (QED) is 0.667. The molecule has 2 N–H and O–H groups in total. The van der Waals surface area contributed by atoms with Gasteiger partial charge in [0.25, 0.3) is 0 Å². The predicted octanol–water partition coefficient (Wildman–Crippen LogP) is 1.54. The molecule has 0 amide bonds. The largest absolute Gasteiger partial charge is 0.394 e.